The van der Waals surface area contributed by atoms with Crippen LogP contribution in [0.4, 0.5) is 20.3 Å². The molecule has 216 valence electrons. The van der Waals surface area contributed by atoms with Crippen LogP contribution in [-0.4, -0.2) is 66.4 Å². The lowest BCUT2D eigenvalue weighted by atomic mass is 9.90. The van der Waals surface area contributed by atoms with Crippen molar-refractivity contribution >= 4 is 38.5 Å². The minimum Gasteiger partial charge on any atom is -0.404 e. The molecular formula is C28H36F2N6O3S. The molecule has 0 radical (unpaired) electrons. The number of hydrogen-bond acceptors (Lipinski definition) is 7. The van der Waals surface area contributed by atoms with Crippen molar-refractivity contribution in [1.82, 2.24) is 14.7 Å². The van der Waals surface area contributed by atoms with Crippen molar-refractivity contribution in [3.05, 3.63) is 46.3 Å². The maximum Gasteiger partial charge on any atom is 0.264 e. The lowest BCUT2D eigenvalue weighted by Crippen LogP contribution is -2.36. The van der Waals surface area contributed by atoms with Crippen LogP contribution in [0.2, 0.25) is 0 Å². The summed E-state index contributed by atoms with van der Waals surface area (Å²) >= 11 is 0. The van der Waals surface area contributed by atoms with E-state index in [1.165, 1.54) is 13.1 Å². The number of allylic oxidation sites excluding steroid dienone is 1. The number of amides is 1. The standard InChI is InChI=1S/C28H36F2N6O3S/c1-17(32-3)23(15-31)21-13-19-5-4-9-35(26(19)14-22(21)27(29)30)28-24-16-34(18(2)37)10-6-25(24)36(33-28)20-7-11-40(38,39)12-8-20/h13-15,20,27H,4-12,16,31H2,1-3H3. The van der Waals surface area contributed by atoms with Crippen LogP contribution in [0.15, 0.2) is 23.3 Å². The Balaban J connectivity index is 1.63. The van der Waals surface area contributed by atoms with E-state index in [9.17, 15) is 22.0 Å². The second-order valence-electron chi connectivity index (χ2n) is 10.8. The van der Waals surface area contributed by atoms with E-state index in [1.807, 2.05) is 9.58 Å². The molecule has 3 aliphatic rings. The predicted molar refractivity (Wildman–Crippen MR) is 152 cm³/mol. The molecule has 0 atom stereocenters. The maximum absolute atomic E-state index is 14.5. The van der Waals surface area contributed by atoms with Crippen LogP contribution in [0.25, 0.3) is 5.57 Å². The molecule has 2 N–H and O–H groups in total. The Morgan fingerprint density at radius 3 is 2.52 bits per heavy atom. The van der Waals surface area contributed by atoms with Gasteiger partial charge < -0.3 is 15.5 Å². The number of sulfone groups is 1. The highest BCUT2D eigenvalue weighted by Crippen LogP contribution is 2.43. The average molecular weight is 575 g/mol. The minimum absolute atomic E-state index is 0.0363. The number of carbonyl (C=O) groups excluding carboxylic acids is 1. The van der Waals surface area contributed by atoms with E-state index >= 15 is 0 Å². The predicted octanol–water partition coefficient (Wildman–Crippen LogP) is 3.95. The summed E-state index contributed by atoms with van der Waals surface area (Å²) in [5.74, 6) is 0.854. The molecule has 0 spiro atoms. The topological polar surface area (TPSA) is 114 Å². The Morgan fingerprint density at radius 2 is 1.90 bits per heavy atom. The van der Waals surface area contributed by atoms with Gasteiger partial charge >= 0.3 is 0 Å². The molecule has 9 nitrogen and oxygen atoms in total. The molecule has 12 heteroatoms. The van der Waals surface area contributed by atoms with Crippen LogP contribution >= 0.6 is 0 Å². The van der Waals surface area contributed by atoms with Gasteiger partial charge in [0, 0.05) is 73.5 Å². The number of anilines is 2. The molecule has 5 rings (SSSR count). The number of alkyl halides is 2. The number of hydrogen-bond donors (Lipinski definition) is 1. The Hall–Kier alpha value is -3.28. The largest absolute Gasteiger partial charge is 0.404 e. The summed E-state index contributed by atoms with van der Waals surface area (Å²) in [7, 11) is -1.45. The first-order valence-corrected chi connectivity index (χ1v) is 15.5. The summed E-state index contributed by atoms with van der Waals surface area (Å²) in [4.78, 5) is 20.3. The van der Waals surface area contributed by atoms with Gasteiger partial charge in [0.05, 0.1) is 24.1 Å². The van der Waals surface area contributed by atoms with E-state index in [4.69, 9.17) is 10.8 Å². The zero-order chi connectivity index (χ0) is 28.8. The molecule has 0 saturated carbocycles. The van der Waals surface area contributed by atoms with Gasteiger partial charge in [0.1, 0.15) is 9.84 Å². The lowest BCUT2D eigenvalue weighted by Gasteiger charge is -2.33. The van der Waals surface area contributed by atoms with Gasteiger partial charge in [0.25, 0.3) is 6.43 Å². The molecule has 1 aromatic heterocycles. The van der Waals surface area contributed by atoms with Gasteiger partial charge in [-0.05, 0) is 55.9 Å². The summed E-state index contributed by atoms with van der Waals surface area (Å²) in [6, 6.07) is 3.28. The van der Waals surface area contributed by atoms with Crippen molar-refractivity contribution in [1.29, 1.82) is 0 Å². The van der Waals surface area contributed by atoms with Gasteiger partial charge in [-0.15, -0.1) is 0 Å². The molecule has 0 bridgehead atoms. The lowest BCUT2D eigenvalue weighted by molar-refractivity contribution is -0.129. The molecule has 1 aromatic carbocycles. The van der Waals surface area contributed by atoms with Crippen molar-refractivity contribution in [3.8, 4) is 0 Å². The third-order valence-electron chi connectivity index (χ3n) is 8.42. The Kier molecular flexibility index (Phi) is 7.73. The fourth-order valence-electron chi connectivity index (χ4n) is 6.15. The first-order chi connectivity index (χ1) is 19.0. The number of aromatic nitrogens is 2. The van der Waals surface area contributed by atoms with Crippen molar-refractivity contribution < 1.29 is 22.0 Å². The SMILES string of the molecule is CN=C(C)C(=CN)c1cc2c(cc1C(F)F)N(c1nn(C3CCS(=O)(=O)CC3)c3c1CN(C(C)=O)CC3)CCC2. The fraction of sp³-hybridized carbons (Fsp3) is 0.536. The molecule has 2 aromatic rings. The second kappa shape index (κ2) is 10.9. The minimum atomic E-state index is -3.05. The molecule has 40 heavy (non-hydrogen) atoms. The van der Waals surface area contributed by atoms with Gasteiger partial charge in [-0.2, -0.15) is 5.10 Å². The summed E-state index contributed by atoms with van der Waals surface area (Å²) in [5.41, 5.74) is 10.7. The average Bonchev–Trinajstić information content (AvgIpc) is 3.31. The number of nitrogens with zero attached hydrogens (tertiary/aromatic N) is 5. The number of aliphatic imine (C=N–C) groups is 1. The first kappa shape index (κ1) is 28.3. The van der Waals surface area contributed by atoms with E-state index < -0.39 is 16.3 Å². The van der Waals surface area contributed by atoms with Crippen LogP contribution in [0.3, 0.4) is 0 Å². The van der Waals surface area contributed by atoms with Gasteiger partial charge in [-0.3, -0.25) is 14.5 Å². The molecule has 0 aliphatic carbocycles. The second-order valence-corrected chi connectivity index (χ2v) is 13.1. The zero-order valence-electron chi connectivity index (χ0n) is 23.2. The van der Waals surface area contributed by atoms with E-state index in [0.29, 0.717) is 73.7 Å². The summed E-state index contributed by atoms with van der Waals surface area (Å²) < 4.78 is 55.1. The zero-order valence-corrected chi connectivity index (χ0v) is 24.0. The summed E-state index contributed by atoms with van der Waals surface area (Å²) in [6.45, 7) is 4.81. The molecule has 3 aliphatic heterocycles. The molecule has 1 amide bonds. The first-order valence-electron chi connectivity index (χ1n) is 13.7. The Bertz CT molecular complexity index is 1480. The van der Waals surface area contributed by atoms with Crippen LogP contribution < -0.4 is 10.6 Å². The monoisotopic (exact) mass is 574 g/mol. The number of nitrogens with two attached hydrogens (primary N) is 1. The van der Waals surface area contributed by atoms with Crippen molar-refractivity contribution in [3.63, 3.8) is 0 Å². The number of fused-ring (bicyclic) bond motifs is 2. The number of carbonyl (C=O) groups is 1. The van der Waals surface area contributed by atoms with E-state index in [2.05, 4.69) is 4.99 Å². The van der Waals surface area contributed by atoms with Crippen LogP contribution in [0.1, 0.15) is 73.5 Å². The molecule has 4 heterocycles. The highest BCUT2D eigenvalue weighted by molar-refractivity contribution is 7.91. The van der Waals surface area contributed by atoms with E-state index in [1.54, 1.807) is 31.0 Å². The third-order valence-corrected chi connectivity index (χ3v) is 10.1. The maximum atomic E-state index is 14.5. The number of aryl methyl sites for hydroxylation is 1. The number of benzene rings is 1. The smallest absolute Gasteiger partial charge is 0.264 e. The highest BCUT2D eigenvalue weighted by Gasteiger charge is 2.35. The van der Waals surface area contributed by atoms with Crippen LogP contribution in [0.5, 0.6) is 0 Å². The van der Waals surface area contributed by atoms with Crippen molar-refractivity contribution in [2.75, 3.05) is 36.5 Å². The van der Waals surface area contributed by atoms with Crippen molar-refractivity contribution in [2.45, 2.75) is 65.0 Å². The molecular weight excluding hydrogens is 538 g/mol. The number of halogens is 2. The molecule has 1 fully saturated rings. The summed E-state index contributed by atoms with van der Waals surface area (Å²) in [5, 5.41) is 5.04. The molecule has 0 unspecified atom stereocenters. The third kappa shape index (κ3) is 5.13. The number of rotatable bonds is 5. The quantitative estimate of drug-likeness (QED) is 0.541. The van der Waals surface area contributed by atoms with Crippen LogP contribution in [0, 0.1) is 0 Å². The summed E-state index contributed by atoms with van der Waals surface area (Å²) in [6.07, 6.45) is 1.67. The van der Waals surface area contributed by atoms with Gasteiger partial charge in [-0.1, -0.05) is 0 Å². The molecule has 1 saturated heterocycles. The fourth-order valence-corrected chi connectivity index (χ4v) is 7.61. The van der Waals surface area contributed by atoms with Gasteiger partial charge in [0.2, 0.25) is 5.91 Å². The van der Waals surface area contributed by atoms with E-state index in [-0.39, 0.29) is 29.0 Å². The Morgan fingerprint density at radius 1 is 1.18 bits per heavy atom. The Labute approximate surface area is 233 Å². The highest BCUT2D eigenvalue weighted by atomic mass is 32.2. The van der Waals surface area contributed by atoms with Gasteiger partial charge in [-0.25, -0.2) is 17.2 Å². The van der Waals surface area contributed by atoms with Crippen LogP contribution in [-0.2, 0) is 34.0 Å². The van der Waals surface area contributed by atoms with E-state index in [0.717, 1.165) is 23.2 Å². The van der Waals surface area contributed by atoms with Gasteiger partial charge in [0.15, 0.2) is 5.82 Å². The van der Waals surface area contributed by atoms with Crippen molar-refractivity contribution in [2.24, 2.45) is 10.7 Å². The normalized spacial score (nSPS) is 20.1.